The highest BCUT2D eigenvalue weighted by Crippen LogP contribution is 2.63. The minimum atomic E-state index is -0.528. The topological polar surface area (TPSA) is 28.0 Å². The number of nitrogens with zero attached hydrogens (tertiary/aromatic N) is 3. The van der Waals surface area contributed by atoms with Crippen LogP contribution in [0.25, 0.3) is 44.2 Å². The van der Waals surface area contributed by atoms with Crippen LogP contribution in [-0.2, 0) is 5.41 Å². The Labute approximate surface area is 345 Å². The molecule has 1 spiro atoms. The van der Waals surface area contributed by atoms with Crippen molar-refractivity contribution in [1.29, 1.82) is 0 Å². The van der Waals surface area contributed by atoms with Crippen molar-refractivity contribution in [3.8, 4) is 33.4 Å². The second kappa shape index (κ2) is 13.8. The smallest absolute Gasteiger partial charge is 0.159 e. The summed E-state index contributed by atoms with van der Waals surface area (Å²) in [7, 11) is 0. The molecule has 0 saturated carbocycles. The highest BCUT2D eigenvalue weighted by atomic mass is 15.2. The molecule has 1 heterocycles. The molecule has 0 aromatic heterocycles. The SMILES string of the molecule is C=N/C(=N\c1cccc(-c2cccc3ccccc23)c1C)c1cccc(-c2ccc3c(c2)C2(c4ccccc4-c4ccccc42)c2ccccc2N3c2ccccc2)c1. The van der Waals surface area contributed by atoms with Gasteiger partial charge in [0.05, 0.1) is 22.5 Å². The molecule has 0 unspecified atom stereocenters. The van der Waals surface area contributed by atoms with E-state index in [1.807, 2.05) is 0 Å². The lowest BCUT2D eigenvalue weighted by atomic mass is 9.64. The van der Waals surface area contributed by atoms with Crippen LogP contribution in [0.5, 0.6) is 0 Å². The first-order chi connectivity index (χ1) is 29.1. The summed E-state index contributed by atoms with van der Waals surface area (Å²) < 4.78 is 0. The summed E-state index contributed by atoms with van der Waals surface area (Å²) in [5.41, 5.74) is 18.1. The molecule has 0 atom stereocenters. The van der Waals surface area contributed by atoms with Crippen molar-refractivity contribution in [2.24, 2.45) is 9.98 Å². The Morgan fingerprint density at radius 2 is 1.07 bits per heavy atom. The average molecular weight is 754 g/mol. The number of hydrogen-bond acceptors (Lipinski definition) is 2. The summed E-state index contributed by atoms with van der Waals surface area (Å²) in [5, 5.41) is 2.44. The summed E-state index contributed by atoms with van der Waals surface area (Å²) in [5.74, 6) is 0.585. The minimum absolute atomic E-state index is 0.528. The summed E-state index contributed by atoms with van der Waals surface area (Å²) >= 11 is 0. The molecule has 3 heteroatoms. The number of fused-ring (bicyclic) bond motifs is 10. The van der Waals surface area contributed by atoms with E-state index in [0.29, 0.717) is 5.84 Å². The maximum atomic E-state index is 5.18. The molecular weight excluding hydrogens is 715 g/mol. The zero-order valence-electron chi connectivity index (χ0n) is 32.7. The number of benzene rings is 9. The number of para-hydroxylation sites is 2. The second-order valence-electron chi connectivity index (χ2n) is 15.4. The standard InChI is InChI=1S/C56H39N3/c1-37-43(45-27-15-18-38-17-6-7-23-44(38)45)26-16-31-52(37)58-55(57-2)41-20-14-19-39(35-41)40-33-34-54-51(36-40)56(48-28-10-8-24-46(48)47-25-9-11-29-49(47)56)50-30-12-13-32-53(50)59(54)42-21-4-3-5-22-42/h3-36H,2H2,1H3/b58-55-. The highest BCUT2D eigenvalue weighted by molar-refractivity contribution is 6.05. The van der Waals surface area contributed by atoms with Crippen molar-refractivity contribution in [1.82, 2.24) is 0 Å². The Balaban J connectivity index is 1.08. The van der Waals surface area contributed by atoms with E-state index >= 15 is 0 Å². The quantitative estimate of drug-likeness (QED) is 0.127. The largest absolute Gasteiger partial charge is 0.310 e. The fraction of sp³-hybridized carbons (Fsp3) is 0.0357. The lowest BCUT2D eigenvalue weighted by Gasteiger charge is -2.45. The Hall–Kier alpha value is -7.62. The van der Waals surface area contributed by atoms with Crippen LogP contribution in [-0.4, -0.2) is 12.6 Å². The van der Waals surface area contributed by atoms with E-state index in [-0.39, 0.29) is 0 Å². The van der Waals surface area contributed by atoms with Crippen LogP contribution in [0.3, 0.4) is 0 Å². The number of rotatable bonds is 5. The molecule has 59 heavy (non-hydrogen) atoms. The molecule has 2 aliphatic rings. The lowest BCUT2D eigenvalue weighted by Crippen LogP contribution is -2.36. The molecule has 0 radical (unpaired) electrons. The highest BCUT2D eigenvalue weighted by Gasteiger charge is 2.51. The van der Waals surface area contributed by atoms with Gasteiger partial charge in [0.2, 0.25) is 0 Å². The molecule has 3 nitrogen and oxygen atoms in total. The van der Waals surface area contributed by atoms with Gasteiger partial charge in [0.25, 0.3) is 0 Å². The monoisotopic (exact) mass is 753 g/mol. The van der Waals surface area contributed by atoms with Crippen LogP contribution < -0.4 is 4.90 Å². The van der Waals surface area contributed by atoms with Crippen LogP contribution >= 0.6 is 0 Å². The summed E-state index contributed by atoms with van der Waals surface area (Å²) in [6.07, 6.45) is 0. The first-order valence-electron chi connectivity index (χ1n) is 20.2. The van der Waals surface area contributed by atoms with Gasteiger partial charge in [0.1, 0.15) is 0 Å². The maximum absolute atomic E-state index is 5.18. The van der Waals surface area contributed by atoms with E-state index in [2.05, 4.69) is 230 Å². The van der Waals surface area contributed by atoms with E-state index < -0.39 is 5.41 Å². The minimum Gasteiger partial charge on any atom is -0.310 e. The van der Waals surface area contributed by atoms with Crippen LogP contribution in [0, 0.1) is 6.92 Å². The van der Waals surface area contributed by atoms with Crippen molar-refractivity contribution in [3.63, 3.8) is 0 Å². The van der Waals surface area contributed by atoms with Gasteiger partial charge >= 0.3 is 0 Å². The van der Waals surface area contributed by atoms with Crippen molar-refractivity contribution in [3.05, 3.63) is 240 Å². The average Bonchev–Trinajstić information content (AvgIpc) is 3.59. The van der Waals surface area contributed by atoms with Crippen LogP contribution in [0.4, 0.5) is 22.7 Å². The molecular formula is C56H39N3. The van der Waals surface area contributed by atoms with E-state index in [0.717, 1.165) is 44.9 Å². The molecule has 9 aromatic carbocycles. The molecule has 278 valence electrons. The van der Waals surface area contributed by atoms with Gasteiger partial charge in [-0.15, -0.1) is 0 Å². The van der Waals surface area contributed by atoms with E-state index in [1.54, 1.807) is 0 Å². The molecule has 0 saturated heterocycles. The van der Waals surface area contributed by atoms with Gasteiger partial charge in [-0.05, 0) is 128 Å². The van der Waals surface area contributed by atoms with Gasteiger partial charge < -0.3 is 4.90 Å². The second-order valence-corrected chi connectivity index (χ2v) is 15.4. The Morgan fingerprint density at radius 1 is 0.475 bits per heavy atom. The Morgan fingerprint density at radius 3 is 1.86 bits per heavy atom. The van der Waals surface area contributed by atoms with Crippen LogP contribution in [0.1, 0.15) is 33.4 Å². The summed E-state index contributed by atoms with van der Waals surface area (Å²) in [4.78, 5) is 12.1. The van der Waals surface area contributed by atoms with Crippen LogP contribution in [0.15, 0.2) is 216 Å². The third-order valence-electron chi connectivity index (χ3n) is 12.4. The molecule has 9 aromatic rings. The normalized spacial score (nSPS) is 13.4. The first-order valence-corrected chi connectivity index (χ1v) is 20.2. The van der Waals surface area contributed by atoms with Gasteiger partial charge in [0.15, 0.2) is 5.84 Å². The fourth-order valence-corrected chi connectivity index (χ4v) is 9.78. The molecule has 1 aliphatic carbocycles. The third kappa shape index (κ3) is 5.28. The third-order valence-corrected chi connectivity index (χ3v) is 12.4. The van der Waals surface area contributed by atoms with Crippen molar-refractivity contribution in [2.75, 3.05) is 4.90 Å². The molecule has 0 fully saturated rings. The predicted octanol–water partition coefficient (Wildman–Crippen LogP) is 14.4. The van der Waals surface area contributed by atoms with Gasteiger partial charge in [-0.25, -0.2) is 9.98 Å². The predicted molar refractivity (Wildman–Crippen MR) is 247 cm³/mol. The van der Waals surface area contributed by atoms with Crippen molar-refractivity contribution in [2.45, 2.75) is 12.3 Å². The molecule has 11 rings (SSSR count). The van der Waals surface area contributed by atoms with Gasteiger partial charge in [0, 0.05) is 11.3 Å². The van der Waals surface area contributed by atoms with Gasteiger partial charge in [-0.2, -0.15) is 0 Å². The van der Waals surface area contributed by atoms with Gasteiger partial charge in [-0.1, -0.05) is 164 Å². The fourth-order valence-electron chi connectivity index (χ4n) is 9.78. The zero-order valence-corrected chi connectivity index (χ0v) is 32.7. The number of amidine groups is 1. The van der Waals surface area contributed by atoms with Gasteiger partial charge in [-0.3, -0.25) is 0 Å². The maximum Gasteiger partial charge on any atom is 0.159 e. The van der Waals surface area contributed by atoms with E-state index in [9.17, 15) is 0 Å². The lowest BCUT2D eigenvalue weighted by molar-refractivity contribution is 0.753. The Bertz CT molecular complexity index is 3110. The number of anilines is 3. The summed E-state index contributed by atoms with van der Waals surface area (Å²) in [6, 6.07) is 74.5. The number of hydrogen-bond donors (Lipinski definition) is 0. The summed E-state index contributed by atoms with van der Waals surface area (Å²) in [6.45, 7) is 6.15. The van der Waals surface area contributed by atoms with Crippen molar-refractivity contribution >= 4 is 46.1 Å². The molecule has 0 bridgehead atoms. The van der Waals surface area contributed by atoms with Crippen molar-refractivity contribution < 1.29 is 0 Å². The van der Waals surface area contributed by atoms with Crippen LogP contribution in [0.2, 0.25) is 0 Å². The molecule has 0 amide bonds. The Kier molecular flexibility index (Phi) is 8.09. The zero-order chi connectivity index (χ0) is 39.5. The van der Waals surface area contributed by atoms with E-state index in [1.165, 1.54) is 55.4 Å². The number of aliphatic imine (C=N–C) groups is 2. The first kappa shape index (κ1) is 34.6. The molecule has 0 N–H and O–H groups in total. The van der Waals surface area contributed by atoms with E-state index in [4.69, 9.17) is 4.99 Å². The molecule has 1 aliphatic heterocycles.